The van der Waals surface area contributed by atoms with Crippen molar-refractivity contribution in [1.82, 2.24) is 0 Å². The van der Waals surface area contributed by atoms with Crippen molar-refractivity contribution in [2.45, 2.75) is 5.75 Å². The van der Waals surface area contributed by atoms with Crippen molar-refractivity contribution < 1.29 is 0 Å². The van der Waals surface area contributed by atoms with Gasteiger partial charge in [-0.1, -0.05) is 42.1 Å². The summed E-state index contributed by atoms with van der Waals surface area (Å²) in [6.07, 6.45) is 0. The van der Waals surface area contributed by atoms with Gasteiger partial charge in [0.15, 0.2) is 17.3 Å². The quantitative estimate of drug-likeness (QED) is 0.584. The first-order chi connectivity index (χ1) is 7.20. The predicted molar refractivity (Wildman–Crippen MR) is 60.9 cm³/mol. The first-order valence-electron chi connectivity index (χ1n) is 3.99. The molecule has 3 N–H and O–H groups in total. The van der Waals surface area contributed by atoms with Crippen LogP contribution in [0.25, 0.3) is 0 Å². The van der Waals surface area contributed by atoms with E-state index in [2.05, 4.69) is 0 Å². The molecule has 15 heavy (non-hydrogen) atoms. The molecule has 0 spiro atoms. The molecule has 0 aromatic heterocycles. The topological polar surface area (TPSA) is 97.5 Å². The zero-order chi connectivity index (χ0) is 11.5. The fourth-order valence-electron chi connectivity index (χ4n) is 0.735. The number of amidine groups is 1. The van der Waals surface area contributed by atoms with Crippen LogP contribution >= 0.6 is 11.8 Å². The molecule has 0 aliphatic heterocycles. The van der Waals surface area contributed by atoms with Crippen LogP contribution in [0.15, 0.2) is 30.3 Å². The monoisotopic (exact) mass is 218 g/mol. The van der Waals surface area contributed by atoms with E-state index in [1.165, 1.54) is 29.5 Å². The number of nitrogens with one attached hydrogen (secondary N) is 1. The SMILES string of the molecule is N#CC#N.N=C(N)SCc1ccccc1. The lowest BCUT2D eigenvalue weighted by molar-refractivity contribution is 1.42. The Morgan fingerprint density at radius 1 is 1.27 bits per heavy atom. The van der Waals surface area contributed by atoms with Gasteiger partial charge in [-0.3, -0.25) is 5.41 Å². The molecule has 1 aromatic rings. The van der Waals surface area contributed by atoms with Crippen molar-refractivity contribution >= 4 is 16.9 Å². The van der Waals surface area contributed by atoms with E-state index in [-0.39, 0.29) is 5.17 Å². The van der Waals surface area contributed by atoms with Gasteiger partial charge >= 0.3 is 0 Å². The molecule has 0 saturated heterocycles. The Morgan fingerprint density at radius 2 is 1.80 bits per heavy atom. The second-order valence-corrected chi connectivity index (χ2v) is 3.38. The molecule has 1 aromatic carbocycles. The zero-order valence-electron chi connectivity index (χ0n) is 7.97. The first-order valence-corrected chi connectivity index (χ1v) is 4.98. The minimum Gasteiger partial charge on any atom is -0.379 e. The van der Waals surface area contributed by atoms with Crippen molar-refractivity contribution in [3.05, 3.63) is 35.9 Å². The third kappa shape index (κ3) is 8.35. The highest BCUT2D eigenvalue weighted by atomic mass is 32.2. The van der Waals surface area contributed by atoms with E-state index in [1.54, 1.807) is 0 Å². The maximum Gasteiger partial charge on any atom is 0.181 e. The zero-order valence-corrected chi connectivity index (χ0v) is 8.79. The number of benzene rings is 1. The van der Waals surface area contributed by atoms with E-state index in [0.717, 1.165) is 5.75 Å². The number of hydrogen-bond donors (Lipinski definition) is 2. The maximum absolute atomic E-state index is 7.26. The van der Waals surface area contributed by atoms with Gasteiger partial charge in [0.05, 0.1) is 0 Å². The van der Waals surface area contributed by atoms with E-state index < -0.39 is 0 Å². The minimum absolute atomic E-state index is 0.175. The number of rotatable bonds is 2. The van der Waals surface area contributed by atoms with Gasteiger partial charge in [0.25, 0.3) is 0 Å². The smallest absolute Gasteiger partial charge is 0.181 e. The molecule has 0 bridgehead atoms. The molecule has 0 unspecified atom stereocenters. The summed E-state index contributed by atoms with van der Waals surface area (Å²) in [6.45, 7) is 0. The molecule has 0 aliphatic rings. The number of thioether (sulfide) groups is 1. The summed E-state index contributed by atoms with van der Waals surface area (Å²) in [4.78, 5) is 0. The third-order valence-corrected chi connectivity index (χ3v) is 2.08. The fraction of sp³-hybridized carbons (Fsp3) is 0.100. The van der Waals surface area contributed by atoms with Crippen LogP contribution < -0.4 is 5.73 Å². The van der Waals surface area contributed by atoms with E-state index in [4.69, 9.17) is 21.7 Å². The van der Waals surface area contributed by atoms with Gasteiger partial charge in [-0.2, -0.15) is 10.5 Å². The number of nitrogens with zero attached hydrogens (tertiary/aromatic N) is 2. The predicted octanol–water partition coefficient (Wildman–Crippen LogP) is 1.85. The highest BCUT2D eigenvalue weighted by molar-refractivity contribution is 8.13. The highest BCUT2D eigenvalue weighted by Gasteiger charge is 1.92. The van der Waals surface area contributed by atoms with Gasteiger partial charge in [0.2, 0.25) is 0 Å². The van der Waals surface area contributed by atoms with Gasteiger partial charge in [-0.05, 0) is 5.56 Å². The number of nitriles is 2. The summed E-state index contributed by atoms with van der Waals surface area (Å²) in [7, 11) is 0. The van der Waals surface area contributed by atoms with Gasteiger partial charge in [-0.15, -0.1) is 0 Å². The largest absolute Gasteiger partial charge is 0.379 e. The molecular formula is C10H10N4S. The molecule has 0 atom stereocenters. The third-order valence-electron chi connectivity index (χ3n) is 1.29. The van der Waals surface area contributed by atoms with Crippen LogP contribution in [0.1, 0.15) is 5.56 Å². The fourth-order valence-corrected chi connectivity index (χ4v) is 1.25. The Kier molecular flexibility index (Phi) is 7.47. The van der Waals surface area contributed by atoms with Crippen LogP contribution in [0.2, 0.25) is 0 Å². The molecular weight excluding hydrogens is 208 g/mol. The second-order valence-electron chi connectivity index (χ2n) is 2.36. The molecule has 0 amide bonds. The van der Waals surface area contributed by atoms with Crippen molar-refractivity contribution in [2.75, 3.05) is 0 Å². The maximum atomic E-state index is 7.26. The molecule has 0 radical (unpaired) electrons. The molecule has 76 valence electrons. The molecule has 0 fully saturated rings. The first kappa shape index (κ1) is 13.0. The van der Waals surface area contributed by atoms with E-state index in [9.17, 15) is 0 Å². The molecule has 0 saturated carbocycles. The summed E-state index contributed by atoms with van der Waals surface area (Å²) in [5.41, 5.74) is 6.39. The van der Waals surface area contributed by atoms with E-state index >= 15 is 0 Å². The van der Waals surface area contributed by atoms with Gasteiger partial charge in [0.1, 0.15) is 0 Å². The molecule has 0 heterocycles. The second kappa shape index (κ2) is 8.61. The Morgan fingerprint density at radius 3 is 2.20 bits per heavy atom. The normalized spacial score (nSPS) is 7.60. The molecule has 1 rings (SSSR count). The molecule has 0 aliphatic carbocycles. The lowest BCUT2D eigenvalue weighted by atomic mass is 10.2. The summed E-state index contributed by atoms with van der Waals surface area (Å²) in [5, 5.41) is 21.7. The van der Waals surface area contributed by atoms with Crippen molar-refractivity contribution in [1.29, 1.82) is 15.9 Å². The minimum atomic E-state index is 0.175. The Balaban J connectivity index is 0.000000423. The number of nitrogens with two attached hydrogens (primary N) is 1. The lowest BCUT2D eigenvalue weighted by Gasteiger charge is -1.97. The summed E-state index contributed by atoms with van der Waals surface area (Å²) >= 11 is 1.35. The van der Waals surface area contributed by atoms with Crippen molar-refractivity contribution in [2.24, 2.45) is 5.73 Å². The summed E-state index contributed by atoms with van der Waals surface area (Å²) in [6, 6.07) is 12.5. The average Bonchev–Trinajstić information content (AvgIpc) is 2.28. The molecule has 5 heteroatoms. The van der Waals surface area contributed by atoms with Crippen molar-refractivity contribution in [3.8, 4) is 12.1 Å². The van der Waals surface area contributed by atoms with Gasteiger partial charge < -0.3 is 5.73 Å². The van der Waals surface area contributed by atoms with Crippen LogP contribution in [0.3, 0.4) is 0 Å². The Hall–Kier alpha value is -1.98. The van der Waals surface area contributed by atoms with Crippen LogP contribution in [0, 0.1) is 28.1 Å². The lowest BCUT2D eigenvalue weighted by Crippen LogP contribution is -2.03. The Bertz CT molecular complexity index is 363. The highest BCUT2D eigenvalue weighted by Crippen LogP contribution is 2.09. The number of hydrogen-bond acceptors (Lipinski definition) is 4. The summed E-state index contributed by atoms with van der Waals surface area (Å²) in [5.74, 6) is 0.788. The van der Waals surface area contributed by atoms with E-state index in [0.29, 0.717) is 0 Å². The van der Waals surface area contributed by atoms with Crippen molar-refractivity contribution in [3.63, 3.8) is 0 Å². The van der Waals surface area contributed by atoms with E-state index in [1.807, 2.05) is 30.3 Å². The van der Waals surface area contributed by atoms with Crippen LogP contribution in [-0.2, 0) is 5.75 Å². The van der Waals surface area contributed by atoms with Crippen LogP contribution in [0.4, 0.5) is 0 Å². The van der Waals surface area contributed by atoms with Gasteiger partial charge in [-0.25, -0.2) is 0 Å². The Labute approximate surface area is 92.8 Å². The average molecular weight is 218 g/mol. The van der Waals surface area contributed by atoms with Crippen LogP contribution in [0.5, 0.6) is 0 Å². The summed E-state index contributed by atoms with van der Waals surface area (Å²) < 4.78 is 0. The standard InChI is InChI=1S/C8H10N2S.C2N2/c9-8(10)11-6-7-4-2-1-3-5-7;3-1-2-4/h1-5H,6H2,(H3,9,10);. The van der Waals surface area contributed by atoms with Gasteiger partial charge in [0, 0.05) is 5.75 Å². The van der Waals surface area contributed by atoms with Crippen LogP contribution in [-0.4, -0.2) is 5.17 Å². The molecule has 4 nitrogen and oxygen atoms in total.